The average Bonchev–Trinajstić information content (AvgIpc) is 2.41. The van der Waals surface area contributed by atoms with Crippen molar-refractivity contribution in [2.45, 2.75) is 11.3 Å². The van der Waals surface area contributed by atoms with E-state index in [0.717, 1.165) is 18.4 Å². The molecule has 0 saturated carbocycles. The van der Waals surface area contributed by atoms with Crippen molar-refractivity contribution in [1.82, 2.24) is 0 Å². The normalized spacial score (nSPS) is 11.2. The molecule has 0 unspecified atom stereocenters. The lowest BCUT2D eigenvalue weighted by Gasteiger charge is -2.07. The highest BCUT2D eigenvalue weighted by atomic mass is 32.2. The average molecular weight is 325 g/mol. The number of carbonyl (C=O) groups is 1. The Bertz CT molecular complexity index is 802. The van der Waals surface area contributed by atoms with Crippen LogP contribution < -0.4 is 5.32 Å². The van der Waals surface area contributed by atoms with Gasteiger partial charge in [0.2, 0.25) is 5.91 Å². The molecule has 116 valence electrons. The van der Waals surface area contributed by atoms with E-state index in [1.54, 1.807) is 0 Å². The molecule has 0 bridgehead atoms. The predicted octanol–water partition coefficient (Wildman–Crippen LogP) is 2.55. The molecular formula is C15H13F2NO3S. The molecule has 1 amide bonds. The third kappa shape index (κ3) is 4.11. The van der Waals surface area contributed by atoms with Gasteiger partial charge in [0, 0.05) is 12.3 Å². The largest absolute Gasteiger partial charge is 0.323 e. The van der Waals surface area contributed by atoms with Gasteiger partial charge in [0.05, 0.1) is 17.0 Å². The molecule has 0 aliphatic carbocycles. The molecule has 0 fully saturated rings. The molecule has 0 heterocycles. The summed E-state index contributed by atoms with van der Waals surface area (Å²) in [5.41, 5.74) is 0.464. The molecule has 7 heteroatoms. The van der Waals surface area contributed by atoms with Gasteiger partial charge in [-0.3, -0.25) is 4.79 Å². The molecule has 0 atom stereocenters. The summed E-state index contributed by atoms with van der Waals surface area (Å²) in [5, 5.41) is 2.33. The lowest BCUT2D eigenvalue weighted by Crippen LogP contribution is -2.15. The summed E-state index contributed by atoms with van der Waals surface area (Å²) < 4.78 is 48.8. The van der Waals surface area contributed by atoms with E-state index in [1.807, 2.05) is 0 Å². The fraction of sp³-hybridized carbons (Fsp3) is 0.133. The summed E-state index contributed by atoms with van der Waals surface area (Å²) in [6.07, 6.45) is 1.03. The molecule has 0 aliphatic heterocycles. The Morgan fingerprint density at radius 3 is 2.27 bits per heavy atom. The van der Waals surface area contributed by atoms with Crippen molar-refractivity contribution in [2.75, 3.05) is 11.6 Å². The summed E-state index contributed by atoms with van der Waals surface area (Å²) in [6.45, 7) is 0. The van der Waals surface area contributed by atoms with Crippen LogP contribution in [-0.2, 0) is 21.1 Å². The van der Waals surface area contributed by atoms with Crippen LogP contribution in [0.5, 0.6) is 0 Å². The number of rotatable bonds is 4. The number of benzene rings is 2. The maximum atomic E-state index is 13.4. The first kappa shape index (κ1) is 16.1. The first-order chi connectivity index (χ1) is 10.3. The minimum Gasteiger partial charge on any atom is -0.323 e. The number of sulfone groups is 1. The highest BCUT2D eigenvalue weighted by Crippen LogP contribution is 2.16. The monoisotopic (exact) mass is 325 g/mol. The molecule has 2 rings (SSSR count). The summed E-state index contributed by atoms with van der Waals surface area (Å²) >= 11 is 0. The Balaban J connectivity index is 2.06. The Morgan fingerprint density at radius 2 is 1.73 bits per heavy atom. The predicted molar refractivity (Wildman–Crippen MR) is 78.2 cm³/mol. The van der Waals surface area contributed by atoms with Gasteiger partial charge in [-0.15, -0.1) is 0 Å². The Morgan fingerprint density at radius 1 is 1.09 bits per heavy atom. The molecule has 2 aromatic rings. The van der Waals surface area contributed by atoms with Crippen molar-refractivity contribution < 1.29 is 22.0 Å². The smallest absolute Gasteiger partial charge is 0.228 e. The van der Waals surface area contributed by atoms with E-state index in [0.29, 0.717) is 11.6 Å². The lowest BCUT2D eigenvalue weighted by molar-refractivity contribution is -0.115. The number of amides is 1. The number of hydrogen-bond acceptors (Lipinski definition) is 3. The van der Waals surface area contributed by atoms with Crippen LogP contribution in [0.25, 0.3) is 0 Å². The number of anilines is 1. The fourth-order valence-electron chi connectivity index (χ4n) is 1.83. The number of halogens is 2. The van der Waals surface area contributed by atoms with Crippen molar-refractivity contribution in [3.05, 3.63) is 59.7 Å². The molecule has 0 aliphatic rings. The van der Waals surface area contributed by atoms with E-state index in [-0.39, 0.29) is 17.0 Å². The Kier molecular flexibility index (Phi) is 4.56. The molecule has 4 nitrogen and oxygen atoms in total. The molecule has 0 saturated heterocycles. The Labute approximate surface area is 126 Å². The number of hydrogen-bond donors (Lipinski definition) is 1. The molecule has 2 aromatic carbocycles. The quantitative estimate of drug-likeness (QED) is 0.939. The maximum Gasteiger partial charge on any atom is 0.228 e. The van der Waals surface area contributed by atoms with Crippen molar-refractivity contribution >= 4 is 21.4 Å². The van der Waals surface area contributed by atoms with Gasteiger partial charge in [-0.2, -0.15) is 0 Å². The van der Waals surface area contributed by atoms with E-state index in [2.05, 4.69) is 5.32 Å². The zero-order valence-electron chi connectivity index (χ0n) is 11.6. The second-order valence-electron chi connectivity index (χ2n) is 4.77. The molecule has 1 N–H and O–H groups in total. The van der Waals surface area contributed by atoms with Gasteiger partial charge < -0.3 is 5.32 Å². The second-order valence-corrected chi connectivity index (χ2v) is 6.78. The van der Waals surface area contributed by atoms with Crippen LogP contribution >= 0.6 is 0 Å². The van der Waals surface area contributed by atoms with Crippen molar-refractivity contribution in [1.29, 1.82) is 0 Å². The summed E-state index contributed by atoms with van der Waals surface area (Å²) in [5.74, 6) is -2.08. The van der Waals surface area contributed by atoms with Crippen molar-refractivity contribution in [3.8, 4) is 0 Å². The van der Waals surface area contributed by atoms with Crippen LogP contribution in [0, 0.1) is 11.6 Å². The standard InChI is InChI=1S/C15H13F2NO3S/c1-22(20,21)12-5-2-10(3-6-12)8-15(19)18-14-7-4-11(16)9-13(14)17/h2-7,9H,8H2,1H3,(H,18,19). The zero-order valence-corrected chi connectivity index (χ0v) is 12.5. The van der Waals surface area contributed by atoms with Gasteiger partial charge >= 0.3 is 0 Å². The van der Waals surface area contributed by atoms with Crippen LogP contribution in [0.4, 0.5) is 14.5 Å². The topological polar surface area (TPSA) is 63.2 Å². The van der Waals surface area contributed by atoms with E-state index in [1.165, 1.54) is 24.3 Å². The van der Waals surface area contributed by atoms with Gasteiger partial charge in [-0.05, 0) is 29.8 Å². The molecule has 22 heavy (non-hydrogen) atoms. The van der Waals surface area contributed by atoms with Gasteiger partial charge in [0.15, 0.2) is 9.84 Å². The summed E-state index contributed by atoms with van der Waals surface area (Å²) in [6, 6.07) is 8.67. The van der Waals surface area contributed by atoms with Crippen LogP contribution in [0.3, 0.4) is 0 Å². The van der Waals surface area contributed by atoms with Crippen molar-refractivity contribution in [3.63, 3.8) is 0 Å². The highest BCUT2D eigenvalue weighted by molar-refractivity contribution is 7.90. The molecular weight excluding hydrogens is 312 g/mol. The highest BCUT2D eigenvalue weighted by Gasteiger charge is 2.10. The maximum absolute atomic E-state index is 13.4. The van der Waals surface area contributed by atoms with Gasteiger partial charge in [0.25, 0.3) is 0 Å². The van der Waals surface area contributed by atoms with Crippen LogP contribution in [0.2, 0.25) is 0 Å². The third-order valence-corrected chi connectivity index (χ3v) is 4.05. The molecule has 0 spiro atoms. The summed E-state index contributed by atoms with van der Waals surface area (Å²) in [4.78, 5) is 12.0. The van der Waals surface area contributed by atoms with E-state index >= 15 is 0 Å². The third-order valence-electron chi connectivity index (χ3n) is 2.92. The molecule has 0 radical (unpaired) electrons. The second kappa shape index (κ2) is 6.23. The minimum atomic E-state index is -3.29. The van der Waals surface area contributed by atoms with Gasteiger partial charge in [-0.25, -0.2) is 17.2 Å². The van der Waals surface area contributed by atoms with Crippen LogP contribution in [0.1, 0.15) is 5.56 Å². The van der Waals surface area contributed by atoms with Gasteiger partial charge in [0.1, 0.15) is 11.6 Å². The summed E-state index contributed by atoms with van der Waals surface area (Å²) in [7, 11) is -3.29. The van der Waals surface area contributed by atoms with E-state index in [9.17, 15) is 22.0 Å². The van der Waals surface area contributed by atoms with Crippen LogP contribution in [-0.4, -0.2) is 20.6 Å². The number of nitrogens with one attached hydrogen (secondary N) is 1. The first-order valence-corrected chi connectivity index (χ1v) is 8.19. The van der Waals surface area contributed by atoms with E-state index in [4.69, 9.17) is 0 Å². The number of carbonyl (C=O) groups excluding carboxylic acids is 1. The minimum absolute atomic E-state index is 0.0547. The first-order valence-electron chi connectivity index (χ1n) is 6.29. The molecule has 0 aromatic heterocycles. The fourth-order valence-corrected chi connectivity index (χ4v) is 2.46. The zero-order chi connectivity index (χ0) is 16.3. The lowest BCUT2D eigenvalue weighted by atomic mass is 10.1. The van der Waals surface area contributed by atoms with E-state index < -0.39 is 27.4 Å². The van der Waals surface area contributed by atoms with Crippen LogP contribution in [0.15, 0.2) is 47.4 Å². The van der Waals surface area contributed by atoms with Gasteiger partial charge in [-0.1, -0.05) is 12.1 Å². The van der Waals surface area contributed by atoms with Crippen molar-refractivity contribution in [2.24, 2.45) is 0 Å². The Hall–Kier alpha value is -2.28. The SMILES string of the molecule is CS(=O)(=O)c1ccc(CC(=O)Nc2ccc(F)cc2F)cc1.